The third kappa shape index (κ3) is 5.29. The van der Waals surface area contributed by atoms with Gasteiger partial charge in [-0.05, 0) is 31.5 Å². The number of benzene rings is 1. The summed E-state index contributed by atoms with van der Waals surface area (Å²) in [5.41, 5.74) is 1.39. The van der Waals surface area contributed by atoms with Crippen molar-refractivity contribution in [3.05, 3.63) is 40.4 Å². The van der Waals surface area contributed by atoms with Gasteiger partial charge in [-0.25, -0.2) is 9.78 Å². The Kier molecular flexibility index (Phi) is 6.48. The summed E-state index contributed by atoms with van der Waals surface area (Å²) in [6.45, 7) is 3.49. The molecule has 1 N–H and O–H groups in total. The van der Waals surface area contributed by atoms with Gasteiger partial charge in [-0.15, -0.1) is 0 Å². The lowest BCUT2D eigenvalue weighted by atomic mass is 10.2. The van der Waals surface area contributed by atoms with Crippen molar-refractivity contribution in [2.45, 2.75) is 20.3 Å². The second-order valence-corrected chi connectivity index (χ2v) is 5.97. The van der Waals surface area contributed by atoms with Crippen molar-refractivity contribution in [1.29, 1.82) is 5.26 Å². The molecule has 1 heterocycles. The number of thiazole rings is 1. The molecule has 7 nitrogen and oxygen atoms in total. The average Bonchev–Trinajstić information content (AvgIpc) is 2.95. The summed E-state index contributed by atoms with van der Waals surface area (Å²) in [6.07, 6.45) is 0.326. The number of aryl methyl sites for hydroxylation is 1. The Morgan fingerprint density at radius 1 is 1.32 bits per heavy atom. The molecule has 0 aliphatic heterocycles. The van der Waals surface area contributed by atoms with E-state index in [1.807, 2.05) is 0 Å². The highest BCUT2D eigenvalue weighted by Crippen LogP contribution is 2.23. The van der Waals surface area contributed by atoms with Crippen LogP contribution in [0.3, 0.4) is 0 Å². The van der Waals surface area contributed by atoms with Gasteiger partial charge < -0.3 is 9.47 Å². The number of nitrogens with one attached hydrogen (secondary N) is 1. The lowest BCUT2D eigenvalue weighted by molar-refractivity contribution is -0.118. The van der Waals surface area contributed by atoms with Crippen LogP contribution in [0.4, 0.5) is 5.13 Å². The number of rotatable bonds is 7. The Balaban J connectivity index is 1.89. The zero-order chi connectivity index (χ0) is 18.2. The molecule has 8 heteroatoms. The van der Waals surface area contributed by atoms with Crippen molar-refractivity contribution in [3.8, 4) is 11.8 Å². The van der Waals surface area contributed by atoms with Crippen LogP contribution in [0.5, 0.6) is 5.75 Å². The lowest BCUT2D eigenvalue weighted by Crippen LogP contribution is -2.20. The molecule has 0 fully saturated rings. The van der Waals surface area contributed by atoms with Crippen LogP contribution in [0, 0.1) is 18.3 Å². The number of hydrogen-bond donors (Lipinski definition) is 1. The predicted molar refractivity (Wildman–Crippen MR) is 92.7 cm³/mol. The first-order valence-electron chi connectivity index (χ1n) is 7.56. The number of aromatic nitrogens is 1. The van der Waals surface area contributed by atoms with Gasteiger partial charge >= 0.3 is 5.97 Å². The van der Waals surface area contributed by atoms with Gasteiger partial charge in [-0.3, -0.25) is 10.1 Å². The number of hydrogen-bond acceptors (Lipinski definition) is 7. The van der Waals surface area contributed by atoms with Crippen LogP contribution >= 0.6 is 11.3 Å². The summed E-state index contributed by atoms with van der Waals surface area (Å²) in [6, 6.07) is 9.00. The van der Waals surface area contributed by atoms with E-state index in [1.165, 1.54) is 0 Å². The number of amides is 1. The van der Waals surface area contributed by atoms with Gasteiger partial charge in [0, 0.05) is 0 Å². The van der Waals surface area contributed by atoms with E-state index in [1.54, 1.807) is 38.1 Å². The van der Waals surface area contributed by atoms with Crippen LogP contribution in [0.25, 0.3) is 0 Å². The first kappa shape index (κ1) is 18.4. The monoisotopic (exact) mass is 359 g/mol. The first-order chi connectivity index (χ1) is 12.0. The molecule has 1 aromatic carbocycles. The predicted octanol–water partition coefficient (Wildman–Crippen LogP) is 2.71. The minimum absolute atomic E-state index is 0.190. The second kappa shape index (κ2) is 8.80. The van der Waals surface area contributed by atoms with Crippen LogP contribution in [0.15, 0.2) is 24.3 Å². The van der Waals surface area contributed by atoms with Gasteiger partial charge in [0.15, 0.2) is 11.7 Å². The fourth-order valence-corrected chi connectivity index (χ4v) is 2.81. The van der Waals surface area contributed by atoms with Crippen LogP contribution < -0.4 is 10.1 Å². The molecule has 0 unspecified atom stereocenters. The topological polar surface area (TPSA) is 101 Å². The molecule has 0 aliphatic rings. The van der Waals surface area contributed by atoms with Crippen LogP contribution in [0.1, 0.15) is 27.9 Å². The average molecular weight is 359 g/mol. The van der Waals surface area contributed by atoms with E-state index < -0.39 is 5.97 Å². The van der Waals surface area contributed by atoms with Crippen molar-refractivity contribution >= 4 is 28.3 Å². The molecule has 2 rings (SSSR count). The maximum absolute atomic E-state index is 11.9. The molecule has 0 spiro atoms. The van der Waals surface area contributed by atoms with Gasteiger partial charge in [0.25, 0.3) is 5.91 Å². The van der Waals surface area contributed by atoms with Gasteiger partial charge in [-0.2, -0.15) is 5.26 Å². The number of carbonyl (C=O) groups excluding carboxylic acids is 2. The van der Waals surface area contributed by atoms with Crippen LogP contribution in [0.2, 0.25) is 0 Å². The minimum atomic E-state index is -0.452. The molecular formula is C17H17N3O4S. The minimum Gasteiger partial charge on any atom is -0.484 e. The molecule has 0 atom stereocenters. The highest BCUT2D eigenvalue weighted by atomic mass is 32.1. The Morgan fingerprint density at radius 3 is 2.68 bits per heavy atom. The molecule has 0 aliphatic carbocycles. The van der Waals surface area contributed by atoms with Crippen molar-refractivity contribution in [2.75, 3.05) is 18.5 Å². The third-order valence-electron chi connectivity index (χ3n) is 3.08. The van der Waals surface area contributed by atoms with Crippen molar-refractivity contribution in [2.24, 2.45) is 0 Å². The van der Waals surface area contributed by atoms with Crippen LogP contribution in [-0.2, 0) is 16.0 Å². The number of anilines is 1. The molecule has 0 saturated carbocycles. The molecule has 1 amide bonds. The second-order valence-electron chi connectivity index (χ2n) is 4.97. The molecule has 130 valence electrons. The Bertz CT molecular complexity index is 793. The van der Waals surface area contributed by atoms with Crippen molar-refractivity contribution in [3.63, 3.8) is 0 Å². The zero-order valence-corrected chi connectivity index (χ0v) is 14.7. The molecular weight excluding hydrogens is 342 g/mol. The van der Waals surface area contributed by atoms with E-state index in [9.17, 15) is 9.59 Å². The van der Waals surface area contributed by atoms with E-state index in [4.69, 9.17) is 14.7 Å². The standard InChI is InChI=1S/C17H17N3O4S/c1-3-23-16(22)15-11(2)19-17(25-15)20-14(21)10-24-13-6-4-12(5-7-13)8-9-18/h4-7H,3,8,10H2,1-2H3,(H,19,20,21). The Labute approximate surface area is 149 Å². The number of carbonyl (C=O) groups is 2. The smallest absolute Gasteiger partial charge is 0.350 e. The Hall–Kier alpha value is -2.92. The van der Waals surface area contributed by atoms with Crippen molar-refractivity contribution in [1.82, 2.24) is 4.98 Å². The number of esters is 1. The number of nitriles is 1. The molecule has 25 heavy (non-hydrogen) atoms. The van der Waals surface area contributed by atoms with Crippen molar-refractivity contribution < 1.29 is 19.1 Å². The Morgan fingerprint density at radius 2 is 2.04 bits per heavy atom. The summed E-state index contributed by atoms with van der Waals surface area (Å²) < 4.78 is 10.3. The zero-order valence-electron chi connectivity index (χ0n) is 13.9. The maximum atomic E-state index is 11.9. The molecule has 0 radical (unpaired) electrons. The highest BCUT2D eigenvalue weighted by Gasteiger charge is 2.17. The van der Waals surface area contributed by atoms with E-state index in [0.29, 0.717) is 27.9 Å². The fourth-order valence-electron chi connectivity index (χ4n) is 1.93. The summed E-state index contributed by atoms with van der Waals surface area (Å²) in [7, 11) is 0. The summed E-state index contributed by atoms with van der Waals surface area (Å²) >= 11 is 1.06. The molecule has 1 aromatic heterocycles. The van der Waals surface area contributed by atoms with E-state index >= 15 is 0 Å². The summed E-state index contributed by atoms with van der Waals surface area (Å²) in [5.74, 6) is -0.309. The molecule has 0 saturated heterocycles. The molecule has 0 bridgehead atoms. The number of nitrogens with zero attached hydrogens (tertiary/aromatic N) is 2. The van der Waals surface area contributed by atoms with E-state index in [0.717, 1.165) is 16.9 Å². The SMILES string of the molecule is CCOC(=O)c1sc(NC(=O)COc2ccc(CC#N)cc2)nc1C. The quantitative estimate of drug-likeness (QED) is 0.763. The highest BCUT2D eigenvalue weighted by molar-refractivity contribution is 7.17. The van der Waals surface area contributed by atoms with Gasteiger partial charge in [0.05, 0.1) is 24.8 Å². The third-order valence-corrected chi connectivity index (χ3v) is 4.13. The van der Waals surface area contributed by atoms with E-state index in [-0.39, 0.29) is 19.1 Å². The largest absolute Gasteiger partial charge is 0.484 e. The van der Waals surface area contributed by atoms with E-state index in [2.05, 4.69) is 16.4 Å². The maximum Gasteiger partial charge on any atom is 0.350 e. The number of ether oxygens (including phenoxy) is 2. The van der Waals surface area contributed by atoms with Gasteiger partial charge in [0.2, 0.25) is 0 Å². The normalized spacial score (nSPS) is 9.96. The van der Waals surface area contributed by atoms with Gasteiger partial charge in [0.1, 0.15) is 10.6 Å². The first-order valence-corrected chi connectivity index (χ1v) is 8.38. The summed E-state index contributed by atoms with van der Waals surface area (Å²) in [5, 5.41) is 11.5. The fraction of sp³-hybridized carbons (Fsp3) is 0.294. The summed E-state index contributed by atoms with van der Waals surface area (Å²) in [4.78, 5) is 28.2. The van der Waals surface area contributed by atoms with Gasteiger partial charge in [-0.1, -0.05) is 23.5 Å². The molecule has 2 aromatic rings. The lowest BCUT2D eigenvalue weighted by Gasteiger charge is -2.06. The van der Waals surface area contributed by atoms with Crippen LogP contribution in [-0.4, -0.2) is 30.1 Å².